The molecule has 1 fully saturated rings. The van der Waals surface area contributed by atoms with E-state index >= 15 is 0 Å². The molecule has 1 saturated heterocycles. The second-order valence-electron chi connectivity index (χ2n) is 6.28. The van der Waals surface area contributed by atoms with Gasteiger partial charge in [-0.2, -0.15) is 5.26 Å². The second kappa shape index (κ2) is 10.2. The molecular weight excluding hydrogens is 393 g/mol. The van der Waals surface area contributed by atoms with Gasteiger partial charge in [-0.15, -0.1) is 0 Å². The number of carbonyl (C=O) groups excluding carboxylic acids is 2. The third kappa shape index (κ3) is 6.43. The molecule has 0 aliphatic carbocycles. The maximum atomic E-state index is 14.2. The van der Waals surface area contributed by atoms with Crippen molar-refractivity contribution in [1.29, 1.82) is 5.26 Å². The summed E-state index contributed by atoms with van der Waals surface area (Å²) in [6.45, 7) is 1.13. The molecule has 0 bridgehead atoms. The molecule has 0 radical (unpaired) electrons. The van der Waals surface area contributed by atoms with Crippen molar-refractivity contribution < 1.29 is 32.9 Å². The molecule has 1 heterocycles. The van der Waals surface area contributed by atoms with Crippen LogP contribution in [0.5, 0.6) is 11.5 Å². The molecular formula is C22H18FNO6. The Kier molecular flexibility index (Phi) is 7.14. The Morgan fingerprint density at radius 3 is 2.67 bits per heavy atom. The van der Waals surface area contributed by atoms with Crippen LogP contribution in [0.2, 0.25) is 0 Å². The Hall–Kier alpha value is -3.70. The van der Waals surface area contributed by atoms with E-state index in [4.69, 9.17) is 24.2 Å². The number of esters is 2. The van der Waals surface area contributed by atoms with Crippen molar-refractivity contribution in [2.75, 3.05) is 19.8 Å². The Balaban J connectivity index is 1.55. The Labute approximate surface area is 172 Å². The molecule has 0 saturated carbocycles. The summed E-state index contributed by atoms with van der Waals surface area (Å²) in [5.41, 5.74) is 0.624. The Morgan fingerprint density at radius 2 is 2.00 bits per heavy atom. The third-order valence-electron chi connectivity index (χ3n) is 3.96. The third-order valence-corrected chi connectivity index (χ3v) is 3.96. The van der Waals surface area contributed by atoms with Crippen molar-refractivity contribution in [3.05, 3.63) is 65.5 Å². The lowest BCUT2D eigenvalue weighted by Gasteiger charge is -2.08. The molecule has 154 valence electrons. The van der Waals surface area contributed by atoms with Crippen molar-refractivity contribution in [2.45, 2.75) is 12.5 Å². The fourth-order valence-electron chi connectivity index (χ4n) is 2.31. The van der Waals surface area contributed by atoms with Crippen LogP contribution in [0.15, 0.2) is 48.5 Å². The number of hydrogen-bond acceptors (Lipinski definition) is 7. The van der Waals surface area contributed by atoms with E-state index in [1.165, 1.54) is 30.3 Å². The van der Waals surface area contributed by atoms with Crippen LogP contribution in [-0.2, 0) is 14.3 Å². The zero-order valence-corrected chi connectivity index (χ0v) is 15.9. The summed E-state index contributed by atoms with van der Waals surface area (Å²) in [6.07, 6.45) is 2.70. The van der Waals surface area contributed by atoms with Gasteiger partial charge in [0.05, 0.1) is 24.7 Å². The molecule has 0 N–H and O–H groups in total. The van der Waals surface area contributed by atoms with Crippen LogP contribution in [0.25, 0.3) is 6.08 Å². The number of carbonyl (C=O) groups is 2. The highest BCUT2D eigenvalue weighted by Crippen LogP contribution is 2.21. The highest BCUT2D eigenvalue weighted by Gasteiger charge is 2.23. The maximum absolute atomic E-state index is 14.2. The van der Waals surface area contributed by atoms with Crippen molar-refractivity contribution in [3.63, 3.8) is 0 Å². The number of nitrogens with zero attached hydrogens (tertiary/aromatic N) is 1. The van der Waals surface area contributed by atoms with E-state index in [1.807, 2.05) is 6.07 Å². The van der Waals surface area contributed by atoms with Gasteiger partial charge in [0.25, 0.3) is 0 Å². The molecule has 3 rings (SSSR count). The van der Waals surface area contributed by atoms with E-state index < -0.39 is 17.8 Å². The molecule has 7 nitrogen and oxygen atoms in total. The monoisotopic (exact) mass is 411 g/mol. The van der Waals surface area contributed by atoms with Crippen molar-refractivity contribution in [3.8, 4) is 17.6 Å². The number of nitriles is 1. The van der Waals surface area contributed by atoms with Gasteiger partial charge in [0, 0.05) is 6.08 Å². The predicted molar refractivity (Wildman–Crippen MR) is 103 cm³/mol. The fourth-order valence-corrected chi connectivity index (χ4v) is 2.31. The minimum atomic E-state index is -0.757. The predicted octanol–water partition coefficient (Wildman–Crippen LogP) is 3.29. The minimum Gasteiger partial charge on any atom is -0.491 e. The number of epoxide rings is 1. The van der Waals surface area contributed by atoms with E-state index in [-0.39, 0.29) is 30.4 Å². The van der Waals surface area contributed by atoms with Gasteiger partial charge in [0.2, 0.25) is 0 Å². The number of halogens is 1. The topological polar surface area (TPSA) is 98.1 Å². The smallest absolute Gasteiger partial charge is 0.343 e. The normalized spacial score (nSPS) is 14.7. The first-order valence-electron chi connectivity index (χ1n) is 9.13. The molecule has 0 amide bonds. The van der Waals surface area contributed by atoms with Gasteiger partial charge in [0.1, 0.15) is 25.1 Å². The van der Waals surface area contributed by atoms with Gasteiger partial charge < -0.3 is 18.9 Å². The van der Waals surface area contributed by atoms with Gasteiger partial charge in [-0.05, 0) is 48.0 Å². The molecule has 8 heteroatoms. The first kappa shape index (κ1) is 21.0. The summed E-state index contributed by atoms with van der Waals surface area (Å²) in [7, 11) is 0. The lowest BCUT2D eigenvalue weighted by Crippen LogP contribution is -2.10. The summed E-state index contributed by atoms with van der Waals surface area (Å²) in [5.74, 6) is -1.75. The van der Waals surface area contributed by atoms with Crippen LogP contribution in [-0.4, -0.2) is 37.9 Å². The first-order chi connectivity index (χ1) is 14.5. The van der Waals surface area contributed by atoms with Crippen LogP contribution in [0.4, 0.5) is 4.39 Å². The Bertz CT molecular complexity index is 976. The van der Waals surface area contributed by atoms with Gasteiger partial charge >= 0.3 is 11.9 Å². The van der Waals surface area contributed by atoms with Crippen molar-refractivity contribution in [1.82, 2.24) is 0 Å². The Morgan fingerprint density at radius 1 is 1.23 bits per heavy atom. The first-order valence-corrected chi connectivity index (χ1v) is 9.13. The number of benzene rings is 2. The zero-order valence-electron chi connectivity index (χ0n) is 15.9. The zero-order chi connectivity index (χ0) is 21.3. The largest absolute Gasteiger partial charge is 0.491 e. The van der Waals surface area contributed by atoms with Gasteiger partial charge in [-0.25, -0.2) is 14.0 Å². The average Bonchev–Trinajstić information content (AvgIpc) is 3.57. The molecule has 1 aliphatic heterocycles. The number of ether oxygens (including phenoxy) is 4. The second-order valence-corrected chi connectivity index (χ2v) is 6.28. The fraction of sp³-hybridized carbons (Fsp3) is 0.227. The number of rotatable bonds is 9. The van der Waals surface area contributed by atoms with E-state index in [2.05, 4.69) is 0 Å². The van der Waals surface area contributed by atoms with E-state index in [1.54, 1.807) is 12.1 Å². The van der Waals surface area contributed by atoms with Crippen LogP contribution in [0, 0.1) is 17.1 Å². The van der Waals surface area contributed by atoms with Gasteiger partial charge in [0.15, 0.2) is 11.6 Å². The van der Waals surface area contributed by atoms with E-state index in [0.29, 0.717) is 24.5 Å². The standard InChI is InChI=1S/C22H18FNO6/c23-19-12-15(3-9-21(25)27-11-1-10-24)2-8-20(19)30-22(26)16-4-6-17(7-5-16)28-13-18-14-29-18/h2-9,12,18H,1,11,13-14H2/b9-3+. The highest BCUT2D eigenvalue weighted by atomic mass is 19.1. The average molecular weight is 411 g/mol. The van der Waals surface area contributed by atoms with Gasteiger partial charge in [-0.1, -0.05) is 6.07 Å². The van der Waals surface area contributed by atoms with Crippen LogP contribution in [0.3, 0.4) is 0 Å². The number of hydrogen-bond donors (Lipinski definition) is 0. The molecule has 1 aliphatic rings. The van der Waals surface area contributed by atoms with E-state index in [9.17, 15) is 14.0 Å². The van der Waals surface area contributed by atoms with E-state index in [0.717, 1.165) is 12.1 Å². The van der Waals surface area contributed by atoms with Crippen LogP contribution >= 0.6 is 0 Å². The molecule has 1 unspecified atom stereocenters. The summed E-state index contributed by atoms with van der Waals surface area (Å²) in [4.78, 5) is 23.7. The summed E-state index contributed by atoms with van der Waals surface area (Å²) in [6, 6.07) is 12.1. The minimum absolute atomic E-state index is 0.00897. The molecule has 0 spiro atoms. The lowest BCUT2D eigenvalue weighted by atomic mass is 10.2. The van der Waals surface area contributed by atoms with Crippen molar-refractivity contribution in [2.24, 2.45) is 0 Å². The van der Waals surface area contributed by atoms with Gasteiger partial charge in [-0.3, -0.25) is 0 Å². The molecule has 30 heavy (non-hydrogen) atoms. The summed E-state index contributed by atoms with van der Waals surface area (Å²) < 4.78 is 34.7. The maximum Gasteiger partial charge on any atom is 0.343 e. The highest BCUT2D eigenvalue weighted by molar-refractivity contribution is 5.91. The summed E-state index contributed by atoms with van der Waals surface area (Å²) in [5, 5.41) is 8.39. The molecule has 0 aromatic heterocycles. The molecule has 2 aromatic carbocycles. The quantitative estimate of drug-likeness (QED) is 0.205. The van der Waals surface area contributed by atoms with Crippen LogP contribution < -0.4 is 9.47 Å². The SMILES string of the molecule is N#CCCOC(=O)/C=C/c1ccc(OC(=O)c2ccc(OCC3CO3)cc2)c(F)c1. The van der Waals surface area contributed by atoms with Crippen LogP contribution in [0.1, 0.15) is 22.3 Å². The lowest BCUT2D eigenvalue weighted by molar-refractivity contribution is -0.137. The molecule has 2 aromatic rings. The molecule has 1 atom stereocenters. The summed E-state index contributed by atoms with van der Waals surface area (Å²) >= 11 is 0. The van der Waals surface area contributed by atoms with Crippen molar-refractivity contribution >= 4 is 18.0 Å².